The lowest BCUT2D eigenvalue weighted by molar-refractivity contribution is -0.160. The number of hydrogen-bond donors (Lipinski definition) is 7. The van der Waals surface area contributed by atoms with Gasteiger partial charge in [0.05, 0.1) is 41.2 Å². The Bertz CT molecular complexity index is 2100. The first-order valence-electron chi connectivity index (χ1n) is 20.3. The first-order chi connectivity index (χ1) is 28.2. The fourth-order valence-corrected chi connectivity index (χ4v) is 8.33. The molecule has 2 amide bonds. The second kappa shape index (κ2) is 18.6. The number of ketones is 1. The molecule has 5 bridgehead atoms. The van der Waals surface area contributed by atoms with E-state index >= 15 is 0 Å². The lowest BCUT2D eigenvalue weighted by atomic mass is 9.78. The number of phenolic OH excluding ortho intramolecular Hbond substituents is 3. The van der Waals surface area contributed by atoms with Gasteiger partial charge < -0.3 is 60.0 Å². The van der Waals surface area contributed by atoms with E-state index in [1.807, 2.05) is 0 Å². The largest absolute Gasteiger partial charge is 0.507 e. The third kappa shape index (κ3) is 8.97. The molecular weight excluding hydrogens is 778 g/mol. The fourth-order valence-electron chi connectivity index (χ4n) is 8.33. The molecule has 0 aromatic heterocycles. The maximum atomic E-state index is 14.4. The number of aliphatic hydroxyl groups is 2. The van der Waals surface area contributed by atoms with Crippen LogP contribution in [0.3, 0.4) is 0 Å². The van der Waals surface area contributed by atoms with Gasteiger partial charge in [-0.05, 0) is 26.3 Å². The zero-order chi connectivity index (χ0) is 44.4. The molecule has 1 fully saturated rings. The number of Topliss-reactive ketones (excluding diaryl/α,β-unsaturated/α-hetero) is 1. The van der Waals surface area contributed by atoms with Gasteiger partial charge in [0.15, 0.2) is 5.75 Å². The summed E-state index contributed by atoms with van der Waals surface area (Å²) in [5.41, 5.74) is -0.200. The van der Waals surface area contributed by atoms with Gasteiger partial charge in [-0.15, -0.1) is 0 Å². The number of fused-ring (bicyclic) bond motifs is 14. The molecule has 6 rings (SSSR count). The lowest BCUT2D eigenvalue weighted by Gasteiger charge is -2.38. The molecule has 4 heterocycles. The summed E-state index contributed by atoms with van der Waals surface area (Å²) in [4.78, 5) is 54.4. The van der Waals surface area contributed by atoms with Crippen molar-refractivity contribution in [2.75, 3.05) is 32.1 Å². The van der Waals surface area contributed by atoms with E-state index in [1.54, 1.807) is 44.7 Å². The van der Waals surface area contributed by atoms with E-state index in [1.165, 1.54) is 53.2 Å². The molecule has 2 aromatic rings. The number of rotatable bonds is 7. The van der Waals surface area contributed by atoms with Crippen LogP contribution in [-0.2, 0) is 35.1 Å². The number of allylic oxidation sites excluding steroid dienone is 2. The number of carbonyl (C=O) groups is 4. The quantitative estimate of drug-likeness (QED) is 0.0883. The molecule has 1 saturated heterocycles. The number of ether oxygens (including phenoxy) is 4. The molecule has 0 unspecified atom stereocenters. The second-order valence-electron chi connectivity index (χ2n) is 16.3. The van der Waals surface area contributed by atoms with Crippen LogP contribution < -0.4 is 15.4 Å². The van der Waals surface area contributed by atoms with Crippen LogP contribution in [0.2, 0.25) is 0 Å². The number of methoxy groups -OCH3 is 1. The van der Waals surface area contributed by atoms with Crippen LogP contribution in [0.4, 0.5) is 5.69 Å². The normalized spacial score (nSPS) is 31.1. The zero-order valence-electron chi connectivity index (χ0n) is 35.7. The Morgan fingerprint density at radius 2 is 1.68 bits per heavy atom. The number of aliphatic hydroxyl groups excluding tert-OH is 2. The summed E-state index contributed by atoms with van der Waals surface area (Å²) in [5.74, 6) is -8.32. The second-order valence-corrected chi connectivity index (χ2v) is 16.3. The molecule has 60 heavy (non-hydrogen) atoms. The molecule has 16 nitrogen and oxygen atoms in total. The van der Waals surface area contributed by atoms with E-state index < -0.39 is 88.8 Å². The number of anilines is 1. The van der Waals surface area contributed by atoms with E-state index in [-0.39, 0.29) is 56.9 Å². The van der Waals surface area contributed by atoms with Crippen molar-refractivity contribution in [1.82, 2.24) is 10.2 Å². The number of carbonyl (C=O) groups excluding carboxylic acids is 4. The Morgan fingerprint density at radius 1 is 0.983 bits per heavy atom. The van der Waals surface area contributed by atoms with Crippen molar-refractivity contribution in [3.05, 3.63) is 52.8 Å². The number of hydrogen-bond acceptors (Lipinski definition) is 14. The maximum Gasteiger partial charge on any atom is 0.312 e. The highest BCUT2D eigenvalue weighted by atomic mass is 16.7. The van der Waals surface area contributed by atoms with Gasteiger partial charge in [0.2, 0.25) is 5.91 Å². The predicted octanol–water partition coefficient (Wildman–Crippen LogP) is 4.47. The first kappa shape index (κ1) is 45.9. The van der Waals surface area contributed by atoms with Gasteiger partial charge >= 0.3 is 11.8 Å². The summed E-state index contributed by atoms with van der Waals surface area (Å²) >= 11 is 0. The molecule has 9 atom stereocenters. The standard InChI is InChI=1S/C44H59N3O13/c1-21-12-10-13-22(2)43(56)46-34-28(20-45-16-18-47-17-11-14-30(47)49)38(53)31-32(39(34)54)37(52)26(6)41-33(31)42(55)44(8,60-41)58-19-15-29(57-9)23(3)40(59-27(7)48)25(5)36(51)24(4)35(21)50/h10,12-13,15,19,21,23-25,29,35-36,40,45,50-54H,11,14,16-18,20H2,1-9H3,(H,46,56)/b12-10+,19-15+,22-13-/t21-,23+,24+,25+,29-,35-,36+,40+,44-/m0/s1. The van der Waals surface area contributed by atoms with Crippen molar-refractivity contribution in [3.8, 4) is 23.0 Å². The van der Waals surface area contributed by atoms with E-state index in [9.17, 15) is 44.7 Å². The Kier molecular flexibility index (Phi) is 14.3. The minimum atomic E-state index is -2.05. The number of amides is 2. The number of nitrogens with zero attached hydrogens (tertiary/aromatic N) is 1. The molecule has 0 spiro atoms. The SMILES string of the molecule is CO[C@H]1/C=C/O[C@@]2(C)Oc3c(C)c(O)c4c(O)c(c(CNCCN5CCCC5=O)c(O)c4c3C2=O)NC(=O)/C(C)=C\C=C\[C@H](C)[C@H](O)[C@@H](C)[C@@H](O)[C@@H](C)[C@H](OC(C)=O)[C@@H]1C. The Hall–Kier alpha value is -5.16. The zero-order valence-corrected chi connectivity index (χ0v) is 35.7. The van der Waals surface area contributed by atoms with Crippen molar-refractivity contribution in [3.63, 3.8) is 0 Å². The Balaban J connectivity index is 1.65. The average molecular weight is 838 g/mol. The van der Waals surface area contributed by atoms with Gasteiger partial charge in [-0.1, -0.05) is 45.9 Å². The number of benzene rings is 2. The van der Waals surface area contributed by atoms with Crippen LogP contribution in [0, 0.1) is 30.6 Å². The fraction of sp³-hybridized carbons (Fsp3) is 0.545. The molecule has 4 aliphatic heterocycles. The van der Waals surface area contributed by atoms with Crippen molar-refractivity contribution in [1.29, 1.82) is 0 Å². The van der Waals surface area contributed by atoms with E-state index in [4.69, 9.17) is 18.9 Å². The molecule has 328 valence electrons. The van der Waals surface area contributed by atoms with Gasteiger partial charge in [-0.25, -0.2) is 0 Å². The molecule has 4 aliphatic rings. The minimum absolute atomic E-state index is 0.00987. The van der Waals surface area contributed by atoms with Crippen LogP contribution in [0.1, 0.15) is 82.8 Å². The van der Waals surface area contributed by atoms with Crippen molar-refractivity contribution in [2.45, 2.75) is 105 Å². The number of likely N-dealkylation sites (tertiary alicyclic amines) is 1. The summed E-state index contributed by atoms with van der Waals surface area (Å²) < 4.78 is 23.6. The summed E-state index contributed by atoms with van der Waals surface area (Å²) in [5, 5.41) is 63.7. The molecule has 16 heteroatoms. The van der Waals surface area contributed by atoms with E-state index in [0.717, 1.165) is 6.42 Å². The monoisotopic (exact) mass is 837 g/mol. The third-order valence-electron chi connectivity index (χ3n) is 12.1. The average Bonchev–Trinajstić information content (AvgIpc) is 3.74. The summed E-state index contributed by atoms with van der Waals surface area (Å²) in [7, 11) is 1.43. The van der Waals surface area contributed by atoms with Gasteiger partial charge in [0.1, 0.15) is 23.4 Å². The van der Waals surface area contributed by atoms with Gasteiger partial charge in [-0.3, -0.25) is 19.2 Å². The number of aromatic hydroxyl groups is 3. The number of nitrogens with one attached hydrogen (secondary N) is 2. The molecule has 0 saturated carbocycles. The lowest BCUT2D eigenvalue weighted by Crippen LogP contribution is -2.46. The van der Waals surface area contributed by atoms with Crippen molar-refractivity contribution >= 4 is 40.0 Å². The highest BCUT2D eigenvalue weighted by Crippen LogP contribution is 2.55. The van der Waals surface area contributed by atoms with E-state index in [2.05, 4.69) is 10.6 Å². The first-order valence-corrected chi connectivity index (χ1v) is 20.3. The minimum Gasteiger partial charge on any atom is -0.507 e. The van der Waals surface area contributed by atoms with Crippen LogP contribution in [0.5, 0.6) is 23.0 Å². The highest BCUT2D eigenvalue weighted by Gasteiger charge is 2.50. The summed E-state index contributed by atoms with van der Waals surface area (Å²) in [6.45, 7) is 13.6. The van der Waals surface area contributed by atoms with Gasteiger partial charge in [0, 0.05) is 99.3 Å². The summed E-state index contributed by atoms with van der Waals surface area (Å²) in [6.07, 6.45) is 4.72. The van der Waals surface area contributed by atoms with Crippen LogP contribution in [0.25, 0.3) is 10.8 Å². The van der Waals surface area contributed by atoms with Crippen LogP contribution >= 0.6 is 0 Å². The van der Waals surface area contributed by atoms with Crippen molar-refractivity contribution in [2.24, 2.45) is 23.7 Å². The smallest absolute Gasteiger partial charge is 0.312 e. The van der Waals surface area contributed by atoms with E-state index in [0.29, 0.717) is 26.1 Å². The third-order valence-corrected chi connectivity index (χ3v) is 12.1. The van der Waals surface area contributed by atoms with Gasteiger partial charge in [0.25, 0.3) is 11.7 Å². The van der Waals surface area contributed by atoms with Crippen LogP contribution in [-0.4, -0.2) is 111 Å². The topological polar surface area (TPSA) is 234 Å². The highest BCUT2D eigenvalue weighted by molar-refractivity contribution is 6.22. The summed E-state index contributed by atoms with van der Waals surface area (Å²) in [6, 6.07) is 0. The molecule has 0 aliphatic carbocycles. The molecular formula is C44H59N3O13. The van der Waals surface area contributed by atoms with Gasteiger partial charge in [-0.2, -0.15) is 0 Å². The maximum absolute atomic E-state index is 14.4. The number of esters is 1. The predicted molar refractivity (Wildman–Crippen MR) is 221 cm³/mol. The number of phenols is 3. The van der Waals surface area contributed by atoms with Crippen molar-refractivity contribution < 1.29 is 63.7 Å². The molecule has 2 aromatic carbocycles. The Labute approximate surface area is 349 Å². The van der Waals surface area contributed by atoms with Crippen LogP contribution in [0.15, 0.2) is 36.1 Å². The molecule has 7 N–H and O–H groups in total. The Morgan fingerprint density at radius 3 is 2.32 bits per heavy atom. The molecule has 0 radical (unpaired) electrons.